The third-order valence-corrected chi connectivity index (χ3v) is 1.07. The minimum atomic E-state index is 0.350. The molecule has 0 fully saturated rings. The Balaban J connectivity index is 0.000000461. The summed E-state index contributed by atoms with van der Waals surface area (Å²) in [5.41, 5.74) is 0.350. The molecule has 0 saturated heterocycles. The van der Waals surface area contributed by atoms with Crippen molar-refractivity contribution < 1.29 is 0 Å². The van der Waals surface area contributed by atoms with Gasteiger partial charge in [-0.1, -0.05) is 25.4 Å². The smallest absolute Gasteiger partial charge is 0.141 e. The predicted octanol–water partition coefficient (Wildman–Crippen LogP) is 2.63. The van der Waals surface area contributed by atoms with E-state index in [4.69, 9.17) is 16.9 Å². The van der Waals surface area contributed by atoms with Crippen LogP contribution in [-0.2, 0) is 0 Å². The van der Waals surface area contributed by atoms with Crippen molar-refractivity contribution >= 4 is 11.6 Å². The van der Waals surface area contributed by atoms with Gasteiger partial charge in [-0.3, -0.25) is 0 Å². The molecule has 0 unspecified atom stereocenters. The first kappa shape index (κ1) is 9.93. The molecule has 1 heterocycles. The lowest BCUT2D eigenvalue weighted by Gasteiger charge is -1.85. The van der Waals surface area contributed by atoms with Gasteiger partial charge < -0.3 is 0 Å². The van der Waals surface area contributed by atoms with Gasteiger partial charge in [0.1, 0.15) is 11.8 Å². The molecule has 0 spiro atoms. The summed E-state index contributed by atoms with van der Waals surface area (Å²) < 4.78 is 0. The van der Waals surface area contributed by atoms with E-state index in [2.05, 4.69) is 4.98 Å². The highest BCUT2D eigenvalue weighted by Crippen LogP contribution is 2.06. The fourth-order valence-corrected chi connectivity index (χ4v) is 0.626. The fourth-order valence-electron chi connectivity index (χ4n) is 0.466. The van der Waals surface area contributed by atoms with Crippen LogP contribution in [0.1, 0.15) is 19.5 Å². The first-order valence-electron chi connectivity index (χ1n) is 3.34. The number of hydrogen-bond donors (Lipinski definition) is 0. The topological polar surface area (TPSA) is 36.7 Å². The molecule has 0 radical (unpaired) electrons. The minimum absolute atomic E-state index is 0.350. The molecule has 0 bridgehead atoms. The second-order valence-electron chi connectivity index (χ2n) is 1.47. The molecule has 0 atom stereocenters. The molecule has 0 aromatic carbocycles. The van der Waals surface area contributed by atoms with Gasteiger partial charge in [-0.2, -0.15) is 5.26 Å². The van der Waals surface area contributed by atoms with Crippen LogP contribution in [0.4, 0.5) is 0 Å². The molecule has 2 nitrogen and oxygen atoms in total. The molecule has 0 aliphatic heterocycles. The van der Waals surface area contributed by atoms with Crippen molar-refractivity contribution in [2.75, 3.05) is 0 Å². The summed E-state index contributed by atoms with van der Waals surface area (Å²) in [5, 5.41) is 8.83. The van der Waals surface area contributed by atoms with Crippen LogP contribution in [0.2, 0.25) is 5.02 Å². The third-order valence-electron chi connectivity index (χ3n) is 0.837. The van der Waals surface area contributed by atoms with E-state index >= 15 is 0 Å². The van der Waals surface area contributed by atoms with Crippen LogP contribution < -0.4 is 0 Å². The second kappa shape index (κ2) is 5.70. The lowest BCUT2D eigenvalue weighted by molar-refractivity contribution is 1.26. The quantitative estimate of drug-likeness (QED) is 0.597. The molecule has 1 rings (SSSR count). The van der Waals surface area contributed by atoms with Crippen molar-refractivity contribution in [3.8, 4) is 6.07 Å². The SMILES string of the molecule is CC.N#Cc1cc(Cl)ccn1. The van der Waals surface area contributed by atoms with E-state index in [-0.39, 0.29) is 0 Å². The van der Waals surface area contributed by atoms with Gasteiger partial charge in [0, 0.05) is 11.2 Å². The maximum Gasteiger partial charge on any atom is 0.141 e. The average Bonchev–Trinajstić information content (AvgIpc) is 2.08. The summed E-state index contributed by atoms with van der Waals surface area (Å²) >= 11 is 5.53. The first-order valence-corrected chi connectivity index (χ1v) is 3.72. The van der Waals surface area contributed by atoms with E-state index in [9.17, 15) is 0 Å². The van der Waals surface area contributed by atoms with Crippen LogP contribution in [0.5, 0.6) is 0 Å². The van der Waals surface area contributed by atoms with E-state index in [1.165, 1.54) is 12.3 Å². The minimum Gasteiger partial charge on any atom is -0.245 e. The number of nitriles is 1. The summed E-state index contributed by atoms with van der Waals surface area (Å²) in [6.07, 6.45) is 1.50. The largest absolute Gasteiger partial charge is 0.245 e. The molecule has 0 aliphatic carbocycles. The van der Waals surface area contributed by atoms with Crippen molar-refractivity contribution in [3.63, 3.8) is 0 Å². The molecule has 0 amide bonds. The Hall–Kier alpha value is -1.07. The zero-order valence-corrected chi connectivity index (χ0v) is 7.26. The summed E-state index contributed by atoms with van der Waals surface area (Å²) in [5.74, 6) is 0. The lowest BCUT2D eigenvalue weighted by atomic mass is 10.4. The van der Waals surface area contributed by atoms with E-state index in [1.54, 1.807) is 6.07 Å². The summed E-state index contributed by atoms with van der Waals surface area (Å²) in [6, 6.07) is 5.02. The highest BCUT2D eigenvalue weighted by atomic mass is 35.5. The molecular formula is C8H9ClN2. The molecule has 0 N–H and O–H groups in total. The van der Waals surface area contributed by atoms with Crippen molar-refractivity contribution in [2.24, 2.45) is 0 Å². The Morgan fingerprint density at radius 1 is 1.55 bits per heavy atom. The molecular weight excluding hydrogens is 160 g/mol. The molecule has 58 valence electrons. The average molecular weight is 169 g/mol. The third kappa shape index (κ3) is 3.59. The monoisotopic (exact) mass is 168 g/mol. The number of nitrogens with zero attached hydrogens (tertiary/aromatic N) is 2. The van der Waals surface area contributed by atoms with Crippen LogP contribution in [0.15, 0.2) is 18.3 Å². The van der Waals surface area contributed by atoms with Gasteiger partial charge in [-0.05, 0) is 12.1 Å². The molecule has 0 aliphatic rings. The van der Waals surface area contributed by atoms with E-state index in [1.807, 2.05) is 19.9 Å². The zero-order chi connectivity index (χ0) is 8.69. The molecule has 1 aromatic heterocycles. The summed E-state index contributed by atoms with van der Waals surface area (Å²) in [4.78, 5) is 3.71. The van der Waals surface area contributed by atoms with Crippen LogP contribution in [0.3, 0.4) is 0 Å². The summed E-state index contributed by atoms with van der Waals surface area (Å²) in [6.45, 7) is 4.00. The Kier molecular flexibility index (Phi) is 5.14. The molecule has 0 saturated carbocycles. The zero-order valence-electron chi connectivity index (χ0n) is 6.50. The van der Waals surface area contributed by atoms with E-state index in [0.29, 0.717) is 10.7 Å². The maximum atomic E-state index is 8.29. The number of rotatable bonds is 0. The van der Waals surface area contributed by atoms with Crippen LogP contribution in [0, 0.1) is 11.3 Å². The number of aromatic nitrogens is 1. The number of pyridine rings is 1. The first-order chi connectivity index (χ1) is 5.33. The number of halogens is 1. The van der Waals surface area contributed by atoms with Gasteiger partial charge in [-0.15, -0.1) is 0 Å². The van der Waals surface area contributed by atoms with E-state index in [0.717, 1.165) is 0 Å². The van der Waals surface area contributed by atoms with Crippen molar-refractivity contribution in [1.82, 2.24) is 4.98 Å². The fraction of sp³-hybridized carbons (Fsp3) is 0.250. The van der Waals surface area contributed by atoms with Crippen LogP contribution in [-0.4, -0.2) is 4.98 Å². The van der Waals surface area contributed by atoms with E-state index < -0.39 is 0 Å². The van der Waals surface area contributed by atoms with Gasteiger partial charge in [0.05, 0.1) is 0 Å². The Morgan fingerprint density at radius 2 is 2.18 bits per heavy atom. The van der Waals surface area contributed by atoms with Gasteiger partial charge in [0.2, 0.25) is 0 Å². The molecule has 11 heavy (non-hydrogen) atoms. The highest BCUT2D eigenvalue weighted by Gasteiger charge is 1.89. The highest BCUT2D eigenvalue weighted by molar-refractivity contribution is 6.30. The standard InChI is InChI=1S/C6H3ClN2.C2H6/c7-5-1-2-9-6(3-5)4-8;1-2/h1-3H;1-2H3. The predicted molar refractivity (Wildman–Crippen MR) is 45.3 cm³/mol. The number of hydrogen-bond acceptors (Lipinski definition) is 2. The molecule has 3 heteroatoms. The maximum absolute atomic E-state index is 8.29. The Morgan fingerprint density at radius 3 is 2.55 bits per heavy atom. The van der Waals surface area contributed by atoms with Crippen molar-refractivity contribution in [1.29, 1.82) is 5.26 Å². The van der Waals surface area contributed by atoms with Gasteiger partial charge in [0.15, 0.2) is 0 Å². The molecule has 1 aromatic rings. The Bertz CT molecular complexity index is 253. The lowest BCUT2D eigenvalue weighted by Crippen LogP contribution is -1.77. The van der Waals surface area contributed by atoms with Crippen molar-refractivity contribution in [2.45, 2.75) is 13.8 Å². The van der Waals surface area contributed by atoms with Crippen LogP contribution >= 0.6 is 11.6 Å². The Labute approximate surface area is 71.4 Å². The van der Waals surface area contributed by atoms with Crippen LogP contribution in [0.25, 0.3) is 0 Å². The van der Waals surface area contributed by atoms with Gasteiger partial charge >= 0.3 is 0 Å². The van der Waals surface area contributed by atoms with Crippen molar-refractivity contribution in [3.05, 3.63) is 29.0 Å². The van der Waals surface area contributed by atoms with Gasteiger partial charge in [-0.25, -0.2) is 4.98 Å². The second-order valence-corrected chi connectivity index (χ2v) is 1.91. The van der Waals surface area contributed by atoms with Gasteiger partial charge in [0.25, 0.3) is 0 Å². The normalized spacial score (nSPS) is 7.45. The summed E-state index contributed by atoms with van der Waals surface area (Å²) in [7, 11) is 0.